The van der Waals surface area contributed by atoms with E-state index in [0.717, 1.165) is 0 Å². The summed E-state index contributed by atoms with van der Waals surface area (Å²) >= 11 is 0. The van der Waals surface area contributed by atoms with E-state index in [0.29, 0.717) is 27.7 Å². The lowest BCUT2D eigenvalue weighted by Gasteiger charge is -2.07. The maximum atomic E-state index is 12.8. The Morgan fingerprint density at radius 1 is 1.00 bits per heavy atom. The summed E-state index contributed by atoms with van der Waals surface area (Å²) in [7, 11) is 0. The molecule has 1 amide bonds. The van der Waals surface area contributed by atoms with Gasteiger partial charge in [-0.05, 0) is 25.1 Å². The molecule has 110 valence electrons. The van der Waals surface area contributed by atoms with Crippen LogP contribution in [0.15, 0.2) is 54.6 Å². The molecule has 0 fully saturated rings. The monoisotopic (exact) mass is 293 g/mol. The highest BCUT2D eigenvalue weighted by Crippen LogP contribution is 2.26. The van der Waals surface area contributed by atoms with Crippen molar-refractivity contribution < 1.29 is 9.59 Å². The number of hydrogen-bond acceptors (Lipinski definition) is 3. The molecule has 0 radical (unpaired) electrons. The van der Waals surface area contributed by atoms with E-state index >= 15 is 0 Å². The third kappa shape index (κ3) is 2.08. The van der Waals surface area contributed by atoms with Crippen LogP contribution in [0.25, 0.3) is 10.9 Å². The Labute approximate surface area is 127 Å². The zero-order valence-electron chi connectivity index (χ0n) is 12.0. The molecule has 0 aliphatic heterocycles. The third-order valence-corrected chi connectivity index (χ3v) is 3.69. The molecule has 5 nitrogen and oxygen atoms in total. The lowest BCUT2D eigenvalue weighted by molar-refractivity contribution is 0.0954. The van der Waals surface area contributed by atoms with E-state index in [9.17, 15) is 9.59 Å². The van der Waals surface area contributed by atoms with Gasteiger partial charge in [0.2, 0.25) is 0 Å². The molecule has 0 saturated carbocycles. The second-order valence-corrected chi connectivity index (χ2v) is 4.96. The SMILES string of the molecule is Cc1c(C(=O)NN)c2ccccc2n1C(=O)c1ccccc1. The van der Waals surface area contributed by atoms with Crippen LogP contribution >= 0.6 is 0 Å². The summed E-state index contributed by atoms with van der Waals surface area (Å²) in [5.74, 6) is 4.68. The van der Waals surface area contributed by atoms with E-state index in [1.165, 1.54) is 0 Å². The van der Waals surface area contributed by atoms with E-state index in [4.69, 9.17) is 5.84 Å². The number of benzene rings is 2. The lowest BCUT2D eigenvalue weighted by Crippen LogP contribution is -2.30. The van der Waals surface area contributed by atoms with Crippen molar-refractivity contribution in [3.05, 3.63) is 71.4 Å². The Hall–Kier alpha value is -2.92. The van der Waals surface area contributed by atoms with Gasteiger partial charge in [-0.15, -0.1) is 0 Å². The van der Waals surface area contributed by atoms with Crippen LogP contribution in [0.4, 0.5) is 0 Å². The minimum atomic E-state index is -0.409. The molecule has 0 atom stereocenters. The van der Waals surface area contributed by atoms with Gasteiger partial charge >= 0.3 is 0 Å². The van der Waals surface area contributed by atoms with Crippen molar-refractivity contribution in [3.63, 3.8) is 0 Å². The maximum absolute atomic E-state index is 12.8. The van der Waals surface area contributed by atoms with E-state index in [1.54, 1.807) is 23.6 Å². The van der Waals surface area contributed by atoms with Gasteiger partial charge in [0.15, 0.2) is 0 Å². The summed E-state index contributed by atoms with van der Waals surface area (Å²) in [5, 5.41) is 0.701. The summed E-state index contributed by atoms with van der Waals surface area (Å²) in [6, 6.07) is 16.2. The Balaban J connectivity index is 2.29. The van der Waals surface area contributed by atoms with Crippen LogP contribution in [0.3, 0.4) is 0 Å². The molecule has 3 aromatic rings. The molecular formula is C17H15N3O2. The number of nitrogens with one attached hydrogen (secondary N) is 1. The van der Waals surface area contributed by atoms with Gasteiger partial charge in [0.1, 0.15) is 0 Å². The number of carbonyl (C=O) groups is 2. The molecule has 3 rings (SSSR count). The third-order valence-electron chi connectivity index (χ3n) is 3.69. The molecule has 0 aliphatic rings. The Morgan fingerprint density at radius 2 is 1.64 bits per heavy atom. The van der Waals surface area contributed by atoms with Gasteiger partial charge in [0.05, 0.1) is 11.1 Å². The predicted octanol–water partition coefficient (Wildman–Crippen LogP) is 2.24. The first-order chi connectivity index (χ1) is 10.6. The van der Waals surface area contributed by atoms with E-state index in [-0.39, 0.29) is 5.91 Å². The fourth-order valence-electron chi connectivity index (χ4n) is 2.70. The van der Waals surface area contributed by atoms with Crippen LogP contribution < -0.4 is 11.3 Å². The first kappa shape index (κ1) is 14.0. The van der Waals surface area contributed by atoms with Gasteiger partial charge < -0.3 is 0 Å². The zero-order chi connectivity index (χ0) is 15.7. The lowest BCUT2D eigenvalue weighted by atomic mass is 10.1. The average Bonchev–Trinajstić information content (AvgIpc) is 2.86. The van der Waals surface area contributed by atoms with Gasteiger partial charge in [-0.1, -0.05) is 36.4 Å². The summed E-state index contributed by atoms with van der Waals surface area (Å²) in [4.78, 5) is 24.9. The summed E-state index contributed by atoms with van der Waals surface area (Å²) in [5.41, 5.74) is 4.38. The molecule has 0 spiro atoms. The minimum absolute atomic E-state index is 0.176. The summed E-state index contributed by atoms with van der Waals surface area (Å²) in [6.07, 6.45) is 0. The molecular weight excluding hydrogens is 278 g/mol. The van der Waals surface area contributed by atoms with Gasteiger partial charge in [-0.25, -0.2) is 5.84 Å². The first-order valence-electron chi connectivity index (χ1n) is 6.86. The molecule has 22 heavy (non-hydrogen) atoms. The molecule has 0 bridgehead atoms. The highest BCUT2D eigenvalue weighted by Gasteiger charge is 2.22. The Morgan fingerprint density at radius 3 is 2.32 bits per heavy atom. The molecule has 0 saturated heterocycles. The highest BCUT2D eigenvalue weighted by molar-refractivity contribution is 6.12. The molecule has 2 aromatic carbocycles. The normalized spacial score (nSPS) is 10.6. The number of carbonyl (C=O) groups excluding carboxylic acids is 2. The molecule has 3 N–H and O–H groups in total. The van der Waals surface area contributed by atoms with Crippen LogP contribution in [-0.2, 0) is 0 Å². The first-order valence-corrected chi connectivity index (χ1v) is 6.86. The van der Waals surface area contributed by atoms with Gasteiger partial charge in [0.25, 0.3) is 11.8 Å². The van der Waals surface area contributed by atoms with Crippen molar-refractivity contribution in [3.8, 4) is 0 Å². The molecule has 0 aliphatic carbocycles. The quantitative estimate of drug-likeness (QED) is 0.432. The molecule has 1 aromatic heterocycles. The second kappa shape index (κ2) is 5.46. The van der Waals surface area contributed by atoms with E-state index in [1.807, 2.05) is 42.5 Å². The topological polar surface area (TPSA) is 77.1 Å². The van der Waals surface area contributed by atoms with Crippen LogP contribution in [-0.4, -0.2) is 16.4 Å². The minimum Gasteiger partial charge on any atom is -0.290 e. The molecule has 0 unspecified atom stereocenters. The number of para-hydroxylation sites is 1. The van der Waals surface area contributed by atoms with Gasteiger partial charge in [-0.3, -0.25) is 19.6 Å². The van der Waals surface area contributed by atoms with Crippen LogP contribution in [0.1, 0.15) is 26.4 Å². The van der Waals surface area contributed by atoms with Crippen LogP contribution in [0, 0.1) is 6.92 Å². The van der Waals surface area contributed by atoms with Crippen molar-refractivity contribution in [1.29, 1.82) is 0 Å². The number of aromatic nitrogens is 1. The van der Waals surface area contributed by atoms with E-state index < -0.39 is 5.91 Å². The number of rotatable bonds is 2. The Bertz CT molecular complexity index is 866. The van der Waals surface area contributed by atoms with Crippen molar-refractivity contribution in [2.24, 2.45) is 5.84 Å². The number of amides is 1. The highest BCUT2D eigenvalue weighted by atomic mass is 16.2. The van der Waals surface area contributed by atoms with Crippen molar-refractivity contribution in [1.82, 2.24) is 9.99 Å². The van der Waals surface area contributed by atoms with Crippen molar-refractivity contribution >= 4 is 22.7 Å². The number of fused-ring (bicyclic) bond motifs is 1. The van der Waals surface area contributed by atoms with Gasteiger partial charge in [0, 0.05) is 16.6 Å². The predicted molar refractivity (Wildman–Crippen MR) is 84.5 cm³/mol. The molecule has 1 heterocycles. The van der Waals surface area contributed by atoms with E-state index in [2.05, 4.69) is 5.43 Å². The van der Waals surface area contributed by atoms with Crippen LogP contribution in [0.2, 0.25) is 0 Å². The summed E-state index contributed by atoms with van der Waals surface area (Å²) in [6.45, 7) is 1.74. The standard InChI is InChI=1S/C17H15N3O2/c1-11-15(16(21)19-18)13-9-5-6-10-14(13)20(11)17(22)12-7-3-2-4-8-12/h2-10H,18H2,1H3,(H,19,21). The number of nitrogens with two attached hydrogens (primary N) is 1. The van der Waals surface area contributed by atoms with Crippen molar-refractivity contribution in [2.75, 3.05) is 0 Å². The largest absolute Gasteiger partial charge is 0.290 e. The zero-order valence-corrected chi connectivity index (χ0v) is 12.0. The number of hydrazine groups is 1. The smallest absolute Gasteiger partial charge is 0.267 e. The fraction of sp³-hybridized carbons (Fsp3) is 0.0588. The number of nitrogens with zero attached hydrogens (tertiary/aromatic N) is 1. The maximum Gasteiger partial charge on any atom is 0.267 e. The fourth-order valence-corrected chi connectivity index (χ4v) is 2.70. The Kier molecular flexibility index (Phi) is 3.48. The number of nitrogen functional groups attached to an aromatic ring is 1. The van der Waals surface area contributed by atoms with Gasteiger partial charge in [-0.2, -0.15) is 0 Å². The molecule has 5 heteroatoms. The summed E-state index contributed by atoms with van der Waals surface area (Å²) < 4.78 is 1.55. The number of hydrogen-bond donors (Lipinski definition) is 2. The average molecular weight is 293 g/mol. The van der Waals surface area contributed by atoms with Crippen LogP contribution in [0.5, 0.6) is 0 Å². The second-order valence-electron chi connectivity index (χ2n) is 4.96. The van der Waals surface area contributed by atoms with Crippen molar-refractivity contribution in [2.45, 2.75) is 6.92 Å².